The molecule has 0 saturated heterocycles. The van der Waals surface area contributed by atoms with Crippen LogP contribution in [0.3, 0.4) is 0 Å². The predicted octanol–water partition coefficient (Wildman–Crippen LogP) is 3.23. The largest absolute Gasteiger partial charge is 0.312 e. The minimum absolute atomic E-state index is 0.258. The first-order valence-corrected chi connectivity index (χ1v) is 7.46. The Morgan fingerprint density at radius 1 is 1.10 bits per heavy atom. The molecule has 2 aromatic heterocycles. The van der Waals surface area contributed by atoms with Crippen molar-refractivity contribution in [2.24, 2.45) is 0 Å². The van der Waals surface area contributed by atoms with E-state index in [2.05, 4.69) is 40.2 Å². The summed E-state index contributed by atoms with van der Waals surface area (Å²) in [4.78, 5) is 14.6. The first kappa shape index (κ1) is 14.9. The number of rotatable bonds is 4. The second kappa shape index (κ2) is 6.33. The molecule has 0 fully saturated rings. The van der Waals surface area contributed by atoms with Crippen molar-refractivity contribution in [1.82, 2.24) is 20.3 Å². The molecule has 0 amide bonds. The van der Waals surface area contributed by atoms with Gasteiger partial charge in [0.15, 0.2) is 5.16 Å². The molecule has 2 heterocycles. The molecule has 0 spiro atoms. The minimum atomic E-state index is 0.258. The lowest BCUT2D eigenvalue weighted by Gasteiger charge is -2.10. The zero-order valence-corrected chi connectivity index (χ0v) is 13.4. The summed E-state index contributed by atoms with van der Waals surface area (Å²) in [6.07, 6.45) is 1.88. The van der Waals surface area contributed by atoms with Crippen molar-refractivity contribution in [2.45, 2.75) is 43.8 Å². The number of hydrogen-bond donors (Lipinski definition) is 1. The maximum Gasteiger partial charge on any atom is 0.192 e. The molecule has 0 aliphatic heterocycles. The Morgan fingerprint density at radius 2 is 1.75 bits per heavy atom. The Morgan fingerprint density at radius 3 is 2.25 bits per heavy atom. The molecule has 4 nitrogen and oxygen atoms in total. The summed E-state index contributed by atoms with van der Waals surface area (Å²) in [7, 11) is 1.93. The molecule has 2 aromatic rings. The van der Waals surface area contributed by atoms with Crippen molar-refractivity contribution in [3.63, 3.8) is 0 Å². The molecule has 0 aliphatic rings. The summed E-state index contributed by atoms with van der Waals surface area (Å²) >= 11 is 1.55. The third-order valence-electron chi connectivity index (χ3n) is 3.46. The summed E-state index contributed by atoms with van der Waals surface area (Å²) in [5, 5.41) is 3.96. The average molecular weight is 288 g/mol. The number of pyridine rings is 1. The second-order valence-corrected chi connectivity index (χ2v) is 5.87. The van der Waals surface area contributed by atoms with Crippen molar-refractivity contribution in [1.29, 1.82) is 0 Å². The fraction of sp³-hybridized carbons (Fsp3) is 0.400. The molecule has 1 N–H and O–H groups in total. The Hall–Kier alpha value is -1.46. The van der Waals surface area contributed by atoms with Crippen LogP contribution in [0.25, 0.3) is 0 Å². The van der Waals surface area contributed by atoms with Crippen molar-refractivity contribution in [3.05, 3.63) is 41.0 Å². The van der Waals surface area contributed by atoms with E-state index >= 15 is 0 Å². The molecule has 0 aromatic carbocycles. The van der Waals surface area contributed by atoms with Gasteiger partial charge in [-0.25, -0.2) is 9.97 Å². The third-order valence-corrected chi connectivity index (χ3v) is 4.30. The number of nitrogens with zero attached hydrogens (tertiary/aromatic N) is 3. The van der Waals surface area contributed by atoms with Gasteiger partial charge in [0.25, 0.3) is 0 Å². The highest BCUT2D eigenvalue weighted by molar-refractivity contribution is 7.99. The summed E-state index contributed by atoms with van der Waals surface area (Å²) in [6, 6.07) is 4.36. The summed E-state index contributed by atoms with van der Waals surface area (Å²) in [5.41, 5.74) is 4.27. The van der Waals surface area contributed by atoms with E-state index in [4.69, 9.17) is 0 Å². The molecular weight excluding hydrogens is 268 g/mol. The van der Waals surface area contributed by atoms with Gasteiger partial charge in [-0.1, -0.05) is 0 Å². The van der Waals surface area contributed by atoms with Crippen molar-refractivity contribution in [2.75, 3.05) is 7.05 Å². The lowest BCUT2D eigenvalue weighted by atomic mass is 10.2. The lowest BCUT2D eigenvalue weighted by molar-refractivity contribution is 0.631. The molecular formula is C15H20N4S. The third kappa shape index (κ3) is 3.35. The van der Waals surface area contributed by atoms with E-state index in [0.29, 0.717) is 0 Å². The molecule has 5 heteroatoms. The van der Waals surface area contributed by atoms with E-state index in [1.807, 2.05) is 33.2 Å². The van der Waals surface area contributed by atoms with E-state index in [9.17, 15) is 0 Å². The Bertz CT molecular complexity index is 572. The van der Waals surface area contributed by atoms with Crippen molar-refractivity contribution >= 4 is 11.8 Å². The maximum atomic E-state index is 4.51. The molecule has 0 saturated carbocycles. The Labute approximate surface area is 124 Å². The smallest absolute Gasteiger partial charge is 0.192 e. The van der Waals surface area contributed by atoms with Gasteiger partial charge in [0.2, 0.25) is 0 Å². The summed E-state index contributed by atoms with van der Waals surface area (Å²) < 4.78 is 0. The number of aromatic nitrogens is 3. The van der Waals surface area contributed by atoms with Gasteiger partial charge in [-0.3, -0.25) is 4.98 Å². The second-order valence-electron chi connectivity index (χ2n) is 4.83. The van der Waals surface area contributed by atoms with E-state index in [-0.39, 0.29) is 6.04 Å². The standard InChI is InChI=1S/C15H20N4S/c1-9-10(2)18-15(19-11(9)3)20-13-6-7-14(17-8-13)12(4)16-5/h6-8,12,16H,1-5H3. The lowest BCUT2D eigenvalue weighted by Crippen LogP contribution is -2.13. The summed E-state index contributed by atoms with van der Waals surface area (Å²) in [5.74, 6) is 0. The monoisotopic (exact) mass is 288 g/mol. The minimum Gasteiger partial charge on any atom is -0.312 e. The van der Waals surface area contributed by atoms with Crippen molar-refractivity contribution < 1.29 is 0 Å². The van der Waals surface area contributed by atoms with Crippen LogP contribution in [-0.4, -0.2) is 22.0 Å². The normalized spacial score (nSPS) is 12.4. The van der Waals surface area contributed by atoms with Gasteiger partial charge in [0.1, 0.15) is 0 Å². The molecule has 1 atom stereocenters. The van der Waals surface area contributed by atoms with Crippen LogP contribution in [0.15, 0.2) is 28.4 Å². The molecule has 0 bridgehead atoms. The van der Waals surface area contributed by atoms with Gasteiger partial charge in [0.05, 0.1) is 5.69 Å². The van der Waals surface area contributed by atoms with Crippen LogP contribution < -0.4 is 5.32 Å². The van der Waals surface area contributed by atoms with Gasteiger partial charge in [-0.05, 0) is 64.2 Å². The molecule has 1 unspecified atom stereocenters. The highest BCUT2D eigenvalue weighted by atomic mass is 32.2. The first-order valence-electron chi connectivity index (χ1n) is 6.64. The summed E-state index contributed by atoms with van der Waals surface area (Å²) in [6.45, 7) is 8.17. The van der Waals surface area contributed by atoms with E-state index in [0.717, 1.165) is 32.7 Å². The molecule has 20 heavy (non-hydrogen) atoms. The van der Waals surface area contributed by atoms with Gasteiger partial charge in [-0.2, -0.15) is 0 Å². The molecule has 2 rings (SSSR count). The van der Waals surface area contributed by atoms with E-state index < -0.39 is 0 Å². The number of hydrogen-bond acceptors (Lipinski definition) is 5. The van der Waals surface area contributed by atoms with Crippen LogP contribution in [0.2, 0.25) is 0 Å². The van der Waals surface area contributed by atoms with Gasteiger partial charge in [0, 0.05) is 28.5 Å². The van der Waals surface area contributed by atoms with Gasteiger partial charge < -0.3 is 5.32 Å². The highest BCUT2D eigenvalue weighted by Crippen LogP contribution is 2.26. The topological polar surface area (TPSA) is 50.7 Å². The fourth-order valence-electron chi connectivity index (χ4n) is 1.75. The Balaban J connectivity index is 2.18. The zero-order chi connectivity index (χ0) is 14.7. The fourth-order valence-corrected chi connectivity index (χ4v) is 2.57. The van der Waals surface area contributed by atoms with Crippen LogP contribution in [0.1, 0.15) is 35.6 Å². The van der Waals surface area contributed by atoms with E-state index in [1.165, 1.54) is 0 Å². The van der Waals surface area contributed by atoms with Crippen LogP contribution in [0, 0.1) is 20.8 Å². The predicted molar refractivity (Wildman–Crippen MR) is 82.1 cm³/mol. The van der Waals surface area contributed by atoms with Crippen LogP contribution in [-0.2, 0) is 0 Å². The molecule has 106 valence electrons. The van der Waals surface area contributed by atoms with Gasteiger partial charge >= 0.3 is 0 Å². The highest BCUT2D eigenvalue weighted by Gasteiger charge is 2.08. The van der Waals surface area contributed by atoms with Crippen LogP contribution in [0.5, 0.6) is 0 Å². The maximum absolute atomic E-state index is 4.51. The SMILES string of the molecule is CNC(C)c1ccc(Sc2nc(C)c(C)c(C)n2)cn1. The van der Waals surface area contributed by atoms with Gasteiger partial charge in [-0.15, -0.1) is 0 Å². The van der Waals surface area contributed by atoms with Crippen molar-refractivity contribution in [3.8, 4) is 0 Å². The molecule has 0 radical (unpaired) electrons. The quantitative estimate of drug-likeness (QED) is 0.875. The van der Waals surface area contributed by atoms with E-state index in [1.54, 1.807) is 11.8 Å². The number of nitrogens with one attached hydrogen (secondary N) is 1. The number of aryl methyl sites for hydroxylation is 2. The first-order chi connectivity index (χ1) is 9.51. The zero-order valence-electron chi connectivity index (χ0n) is 12.6. The van der Waals surface area contributed by atoms with Crippen LogP contribution in [0.4, 0.5) is 0 Å². The van der Waals surface area contributed by atoms with Crippen LogP contribution >= 0.6 is 11.8 Å². The molecule has 0 aliphatic carbocycles. The average Bonchev–Trinajstić information content (AvgIpc) is 2.44. The Kier molecular flexibility index (Phi) is 4.73.